The normalized spacial score (nSPS) is 15.6. The molecule has 0 bridgehead atoms. The number of hydrogen-bond acceptors (Lipinski definition) is 3. The second-order valence-corrected chi connectivity index (χ2v) is 8.76. The Bertz CT molecular complexity index is 884. The molecule has 2 aromatic carbocycles. The van der Waals surface area contributed by atoms with Crippen LogP contribution in [0.15, 0.2) is 84.6 Å². The van der Waals surface area contributed by atoms with E-state index in [0.717, 1.165) is 51.0 Å². The van der Waals surface area contributed by atoms with Gasteiger partial charge in [0.1, 0.15) is 0 Å². The van der Waals surface area contributed by atoms with Crippen molar-refractivity contribution in [2.75, 3.05) is 31.1 Å². The number of allylic oxidation sites excluding steroid dienone is 3. The van der Waals surface area contributed by atoms with E-state index >= 15 is 0 Å². The Morgan fingerprint density at radius 3 is 2.36 bits per heavy atom. The Morgan fingerprint density at radius 2 is 1.73 bits per heavy atom. The van der Waals surface area contributed by atoms with Gasteiger partial charge in [-0.3, -0.25) is 4.79 Å². The minimum atomic E-state index is 0.174. The lowest BCUT2D eigenvalue weighted by atomic mass is 9.93. The highest BCUT2D eigenvalue weighted by atomic mass is 16.1. The number of piperidine rings is 1. The van der Waals surface area contributed by atoms with Crippen LogP contribution in [0.4, 0.5) is 5.69 Å². The van der Waals surface area contributed by atoms with Gasteiger partial charge in [0.15, 0.2) is 0 Å². The molecule has 1 saturated heterocycles. The van der Waals surface area contributed by atoms with Crippen molar-refractivity contribution in [1.82, 2.24) is 10.2 Å². The van der Waals surface area contributed by atoms with Gasteiger partial charge in [0.2, 0.25) is 5.91 Å². The van der Waals surface area contributed by atoms with Crippen molar-refractivity contribution in [3.8, 4) is 0 Å². The van der Waals surface area contributed by atoms with E-state index in [2.05, 4.69) is 89.7 Å². The fourth-order valence-corrected chi connectivity index (χ4v) is 4.38. The van der Waals surface area contributed by atoms with Crippen LogP contribution in [0.2, 0.25) is 0 Å². The largest absolute Gasteiger partial charge is 0.352 e. The number of carbonyl (C=O) groups is 1. The molecule has 0 saturated carbocycles. The van der Waals surface area contributed by atoms with Gasteiger partial charge < -0.3 is 15.1 Å². The Kier molecular flexibility index (Phi) is 10.2. The van der Waals surface area contributed by atoms with E-state index in [1.54, 1.807) is 0 Å². The number of hydrogen-bond donors (Lipinski definition) is 1. The van der Waals surface area contributed by atoms with Gasteiger partial charge in [-0.25, -0.2) is 0 Å². The number of nitrogens with one attached hydrogen (secondary N) is 1. The van der Waals surface area contributed by atoms with E-state index in [0.29, 0.717) is 18.9 Å². The molecule has 1 fully saturated rings. The van der Waals surface area contributed by atoms with Crippen LogP contribution in [0.5, 0.6) is 0 Å². The third-order valence-corrected chi connectivity index (χ3v) is 6.35. The number of likely N-dealkylation sites (tertiary alicyclic amines) is 1. The number of carbonyl (C=O) groups excluding carboxylic acids is 1. The molecule has 33 heavy (non-hydrogen) atoms. The SMILES string of the molecule is C/C=C(\C=C/CC)N(CCN1CCC(CC(=O)NCc2ccccc2)CC1)c1ccccc1. The molecule has 1 aliphatic heterocycles. The summed E-state index contributed by atoms with van der Waals surface area (Å²) in [5, 5.41) is 3.08. The predicted octanol–water partition coefficient (Wildman–Crippen LogP) is 5.78. The molecule has 0 aliphatic carbocycles. The van der Waals surface area contributed by atoms with Gasteiger partial charge in [-0.1, -0.05) is 67.6 Å². The molecule has 2 aromatic rings. The lowest BCUT2D eigenvalue weighted by Gasteiger charge is -2.34. The first kappa shape index (κ1) is 24.8. The number of nitrogens with zero attached hydrogens (tertiary/aromatic N) is 2. The molecule has 1 heterocycles. The minimum absolute atomic E-state index is 0.174. The Labute approximate surface area is 200 Å². The molecule has 0 spiro atoms. The van der Waals surface area contributed by atoms with E-state index in [9.17, 15) is 4.79 Å². The molecule has 1 amide bonds. The van der Waals surface area contributed by atoms with Crippen molar-refractivity contribution in [2.24, 2.45) is 5.92 Å². The third-order valence-electron chi connectivity index (χ3n) is 6.35. The first-order valence-corrected chi connectivity index (χ1v) is 12.4. The van der Waals surface area contributed by atoms with Gasteiger partial charge in [-0.2, -0.15) is 0 Å². The van der Waals surface area contributed by atoms with E-state index in [-0.39, 0.29) is 5.91 Å². The molecule has 0 radical (unpaired) electrons. The standard InChI is InChI=1S/C29H39N3O/c1-3-5-14-27(4-2)32(28-15-10-7-11-16-28)22-21-31-19-17-25(18-20-31)23-29(33)30-24-26-12-8-6-9-13-26/h4-16,25H,3,17-24H2,1-2H3,(H,30,33)/b14-5-,27-4+. The average Bonchev–Trinajstić information content (AvgIpc) is 2.87. The van der Waals surface area contributed by atoms with Crippen molar-refractivity contribution >= 4 is 11.6 Å². The molecule has 176 valence electrons. The minimum Gasteiger partial charge on any atom is -0.352 e. The molecule has 1 aliphatic rings. The molecule has 4 nitrogen and oxygen atoms in total. The molecule has 4 heteroatoms. The summed E-state index contributed by atoms with van der Waals surface area (Å²) >= 11 is 0. The molecule has 3 rings (SSSR count). The number of amides is 1. The first-order valence-electron chi connectivity index (χ1n) is 12.4. The second kappa shape index (κ2) is 13.6. The third kappa shape index (κ3) is 8.21. The Hall–Kier alpha value is -2.85. The maximum atomic E-state index is 12.4. The van der Waals surface area contributed by atoms with Crippen LogP contribution >= 0.6 is 0 Å². The highest BCUT2D eigenvalue weighted by molar-refractivity contribution is 5.76. The van der Waals surface area contributed by atoms with Crippen molar-refractivity contribution in [3.63, 3.8) is 0 Å². The summed E-state index contributed by atoms with van der Waals surface area (Å²) < 4.78 is 0. The molecule has 0 aromatic heterocycles. The molecule has 1 N–H and O–H groups in total. The summed E-state index contributed by atoms with van der Waals surface area (Å²) in [6, 6.07) is 20.8. The van der Waals surface area contributed by atoms with Crippen LogP contribution < -0.4 is 10.2 Å². The first-order chi connectivity index (χ1) is 16.2. The molecule has 0 atom stereocenters. The van der Waals surface area contributed by atoms with Gasteiger partial charge in [0, 0.05) is 37.4 Å². The topological polar surface area (TPSA) is 35.6 Å². The summed E-state index contributed by atoms with van der Waals surface area (Å²) in [7, 11) is 0. The Balaban J connectivity index is 1.46. The quantitative estimate of drug-likeness (QED) is 0.445. The highest BCUT2D eigenvalue weighted by Crippen LogP contribution is 2.23. The number of rotatable bonds is 11. The van der Waals surface area contributed by atoms with Crippen LogP contribution in [-0.2, 0) is 11.3 Å². The van der Waals surface area contributed by atoms with Gasteiger partial charge in [0.05, 0.1) is 0 Å². The molecular formula is C29H39N3O. The lowest BCUT2D eigenvalue weighted by molar-refractivity contribution is -0.122. The summed E-state index contributed by atoms with van der Waals surface area (Å²) in [4.78, 5) is 17.3. The average molecular weight is 446 g/mol. The zero-order chi connectivity index (χ0) is 23.3. The zero-order valence-corrected chi connectivity index (χ0v) is 20.2. The summed E-state index contributed by atoms with van der Waals surface area (Å²) in [5.74, 6) is 0.661. The zero-order valence-electron chi connectivity index (χ0n) is 20.2. The number of benzene rings is 2. The molecule has 0 unspecified atom stereocenters. The van der Waals surface area contributed by atoms with Gasteiger partial charge in [-0.05, 0) is 69.0 Å². The van der Waals surface area contributed by atoms with Crippen LogP contribution in [0.1, 0.15) is 45.1 Å². The number of para-hydroxylation sites is 1. The van der Waals surface area contributed by atoms with Crippen LogP contribution in [0.3, 0.4) is 0 Å². The van der Waals surface area contributed by atoms with Crippen molar-refractivity contribution < 1.29 is 4.79 Å². The van der Waals surface area contributed by atoms with E-state index in [4.69, 9.17) is 0 Å². The molecular weight excluding hydrogens is 406 g/mol. The van der Waals surface area contributed by atoms with Gasteiger partial charge >= 0.3 is 0 Å². The number of anilines is 1. The highest BCUT2D eigenvalue weighted by Gasteiger charge is 2.22. The van der Waals surface area contributed by atoms with Crippen molar-refractivity contribution in [2.45, 2.75) is 46.1 Å². The fourth-order valence-electron chi connectivity index (χ4n) is 4.38. The Morgan fingerprint density at radius 1 is 1.06 bits per heavy atom. The smallest absolute Gasteiger partial charge is 0.220 e. The van der Waals surface area contributed by atoms with Gasteiger partial charge in [0.25, 0.3) is 0 Å². The summed E-state index contributed by atoms with van der Waals surface area (Å²) in [6.45, 7) is 9.01. The van der Waals surface area contributed by atoms with Crippen LogP contribution in [0.25, 0.3) is 0 Å². The lowest BCUT2D eigenvalue weighted by Crippen LogP contribution is -2.40. The predicted molar refractivity (Wildman–Crippen MR) is 139 cm³/mol. The van der Waals surface area contributed by atoms with Crippen LogP contribution in [-0.4, -0.2) is 37.0 Å². The summed E-state index contributed by atoms with van der Waals surface area (Å²) in [5.41, 5.74) is 3.63. The maximum Gasteiger partial charge on any atom is 0.220 e. The van der Waals surface area contributed by atoms with E-state index in [1.807, 2.05) is 18.2 Å². The second-order valence-electron chi connectivity index (χ2n) is 8.76. The van der Waals surface area contributed by atoms with Crippen LogP contribution in [0, 0.1) is 5.92 Å². The van der Waals surface area contributed by atoms with Gasteiger partial charge in [-0.15, -0.1) is 0 Å². The maximum absolute atomic E-state index is 12.4. The van der Waals surface area contributed by atoms with E-state index in [1.165, 1.54) is 11.4 Å². The van der Waals surface area contributed by atoms with E-state index < -0.39 is 0 Å². The monoisotopic (exact) mass is 445 g/mol. The fraction of sp³-hybridized carbons (Fsp3) is 0.414. The van der Waals surface area contributed by atoms with Crippen molar-refractivity contribution in [1.29, 1.82) is 0 Å². The summed E-state index contributed by atoms with van der Waals surface area (Å²) in [6.07, 6.45) is 10.5. The van der Waals surface area contributed by atoms with Crippen molar-refractivity contribution in [3.05, 3.63) is 90.2 Å².